The molecule has 1 N–H and O–H groups in total. The highest BCUT2D eigenvalue weighted by atomic mass is 15.1. The minimum Gasteiger partial charge on any atom is -0.342 e. The van der Waals surface area contributed by atoms with E-state index in [4.69, 9.17) is 0 Å². The average Bonchev–Trinajstić information content (AvgIpc) is 2.49. The van der Waals surface area contributed by atoms with Crippen LogP contribution in [0.15, 0.2) is 42.6 Å². The summed E-state index contributed by atoms with van der Waals surface area (Å²) in [5, 5.41) is 3.40. The molecule has 0 aliphatic heterocycles. The van der Waals surface area contributed by atoms with Crippen molar-refractivity contribution in [1.29, 1.82) is 0 Å². The Morgan fingerprint density at radius 2 is 1.90 bits per heavy atom. The van der Waals surface area contributed by atoms with Gasteiger partial charge in [0.25, 0.3) is 0 Å². The van der Waals surface area contributed by atoms with E-state index < -0.39 is 0 Å². The van der Waals surface area contributed by atoms with Crippen molar-refractivity contribution >= 4 is 11.4 Å². The lowest BCUT2D eigenvalue weighted by Gasteiger charge is -2.24. The molecule has 0 saturated carbocycles. The van der Waals surface area contributed by atoms with Gasteiger partial charge >= 0.3 is 0 Å². The SMILES string of the molecule is CCCNCc1cc(N(CC)c2cccc(C)c2)ccn1. The number of pyridine rings is 1. The molecule has 0 saturated heterocycles. The van der Waals surface area contributed by atoms with Crippen LogP contribution in [0.2, 0.25) is 0 Å². The standard InChI is InChI=1S/C18H25N3/c1-4-10-19-14-16-13-18(9-11-20-16)21(5-2)17-8-6-7-15(3)12-17/h6-9,11-13,19H,4-5,10,14H2,1-3H3. The van der Waals surface area contributed by atoms with Crippen LogP contribution in [0.3, 0.4) is 0 Å². The van der Waals surface area contributed by atoms with Crippen molar-refractivity contribution in [1.82, 2.24) is 10.3 Å². The highest BCUT2D eigenvalue weighted by molar-refractivity contribution is 5.63. The Morgan fingerprint density at radius 3 is 2.62 bits per heavy atom. The van der Waals surface area contributed by atoms with E-state index >= 15 is 0 Å². The third kappa shape index (κ3) is 4.30. The molecule has 0 bridgehead atoms. The van der Waals surface area contributed by atoms with E-state index in [9.17, 15) is 0 Å². The minimum absolute atomic E-state index is 0.826. The van der Waals surface area contributed by atoms with Gasteiger partial charge in [0.05, 0.1) is 5.69 Å². The number of aromatic nitrogens is 1. The van der Waals surface area contributed by atoms with Crippen LogP contribution in [0.4, 0.5) is 11.4 Å². The van der Waals surface area contributed by atoms with Gasteiger partial charge in [0, 0.05) is 30.7 Å². The summed E-state index contributed by atoms with van der Waals surface area (Å²) in [7, 11) is 0. The van der Waals surface area contributed by atoms with Crippen molar-refractivity contribution in [3.63, 3.8) is 0 Å². The summed E-state index contributed by atoms with van der Waals surface area (Å²) in [6, 6.07) is 12.9. The van der Waals surface area contributed by atoms with Gasteiger partial charge in [-0.2, -0.15) is 0 Å². The zero-order valence-electron chi connectivity index (χ0n) is 13.3. The zero-order valence-corrected chi connectivity index (χ0v) is 13.3. The van der Waals surface area contributed by atoms with Crippen molar-refractivity contribution in [2.24, 2.45) is 0 Å². The highest BCUT2D eigenvalue weighted by Gasteiger charge is 2.08. The third-order valence-electron chi connectivity index (χ3n) is 3.47. The number of aryl methyl sites for hydroxylation is 1. The molecule has 0 aliphatic rings. The molecule has 0 radical (unpaired) electrons. The molecule has 0 atom stereocenters. The first-order chi connectivity index (χ1) is 10.2. The van der Waals surface area contributed by atoms with Crippen LogP contribution in [0.25, 0.3) is 0 Å². The van der Waals surface area contributed by atoms with Gasteiger partial charge in [-0.25, -0.2) is 0 Å². The molecule has 0 spiro atoms. The van der Waals surface area contributed by atoms with Crippen LogP contribution >= 0.6 is 0 Å². The predicted octanol–water partition coefficient (Wildman–Crippen LogP) is 4.05. The van der Waals surface area contributed by atoms with Gasteiger partial charge < -0.3 is 10.2 Å². The summed E-state index contributed by atoms with van der Waals surface area (Å²) < 4.78 is 0. The molecule has 1 heterocycles. The fraction of sp³-hybridized carbons (Fsp3) is 0.389. The first kappa shape index (κ1) is 15.5. The van der Waals surface area contributed by atoms with Gasteiger partial charge in [0.15, 0.2) is 0 Å². The first-order valence-corrected chi connectivity index (χ1v) is 7.74. The van der Waals surface area contributed by atoms with Crippen LogP contribution in [-0.4, -0.2) is 18.1 Å². The van der Waals surface area contributed by atoms with Crippen molar-refractivity contribution in [3.05, 3.63) is 53.9 Å². The Morgan fingerprint density at radius 1 is 1.10 bits per heavy atom. The molecule has 3 nitrogen and oxygen atoms in total. The molecular weight excluding hydrogens is 258 g/mol. The molecule has 0 unspecified atom stereocenters. The molecule has 0 aliphatic carbocycles. The molecular formula is C18H25N3. The molecule has 1 aromatic heterocycles. The fourth-order valence-electron chi connectivity index (χ4n) is 2.43. The summed E-state index contributed by atoms with van der Waals surface area (Å²) in [6.07, 6.45) is 3.04. The minimum atomic E-state index is 0.826. The summed E-state index contributed by atoms with van der Waals surface area (Å²) in [6.45, 7) is 9.28. The lowest BCUT2D eigenvalue weighted by atomic mass is 10.2. The summed E-state index contributed by atoms with van der Waals surface area (Å²) in [4.78, 5) is 6.77. The first-order valence-electron chi connectivity index (χ1n) is 7.74. The summed E-state index contributed by atoms with van der Waals surface area (Å²) >= 11 is 0. The smallest absolute Gasteiger partial charge is 0.0562 e. The van der Waals surface area contributed by atoms with Gasteiger partial charge in [-0.15, -0.1) is 0 Å². The van der Waals surface area contributed by atoms with Crippen LogP contribution in [-0.2, 0) is 6.54 Å². The largest absolute Gasteiger partial charge is 0.342 e. The predicted molar refractivity (Wildman–Crippen MR) is 90.1 cm³/mol. The van der Waals surface area contributed by atoms with E-state index in [0.29, 0.717) is 0 Å². The zero-order chi connectivity index (χ0) is 15.1. The maximum atomic E-state index is 4.45. The molecule has 2 rings (SSSR count). The number of anilines is 2. The van der Waals surface area contributed by atoms with Crippen molar-refractivity contribution < 1.29 is 0 Å². The lowest BCUT2D eigenvalue weighted by molar-refractivity contribution is 0.664. The second-order valence-electron chi connectivity index (χ2n) is 5.27. The van der Waals surface area contributed by atoms with Crippen molar-refractivity contribution in [2.45, 2.75) is 33.7 Å². The molecule has 21 heavy (non-hydrogen) atoms. The molecule has 1 aromatic carbocycles. The molecule has 0 fully saturated rings. The van der Waals surface area contributed by atoms with Crippen LogP contribution in [0, 0.1) is 6.92 Å². The molecule has 3 heteroatoms. The maximum Gasteiger partial charge on any atom is 0.0562 e. The fourth-order valence-corrected chi connectivity index (χ4v) is 2.43. The Kier molecular flexibility index (Phi) is 5.76. The molecule has 2 aromatic rings. The van der Waals surface area contributed by atoms with Crippen LogP contribution < -0.4 is 10.2 Å². The summed E-state index contributed by atoms with van der Waals surface area (Å²) in [5.41, 5.74) is 4.81. The molecule has 0 amide bonds. The van der Waals surface area contributed by atoms with E-state index in [-0.39, 0.29) is 0 Å². The average molecular weight is 283 g/mol. The third-order valence-corrected chi connectivity index (χ3v) is 3.47. The van der Waals surface area contributed by atoms with Crippen molar-refractivity contribution in [3.8, 4) is 0 Å². The normalized spacial score (nSPS) is 10.6. The van der Waals surface area contributed by atoms with E-state index in [2.05, 4.69) is 72.4 Å². The number of nitrogens with one attached hydrogen (secondary N) is 1. The van der Waals surface area contributed by atoms with E-state index in [1.165, 1.54) is 16.9 Å². The summed E-state index contributed by atoms with van der Waals surface area (Å²) in [5.74, 6) is 0. The Bertz CT molecular complexity index is 566. The quantitative estimate of drug-likeness (QED) is 0.777. The second kappa shape index (κ2) is 7.79. The topological polar surface area (TPSA) is 28.2 Å². The number of hydrogen-bond donors (Lipinski definition) is 1. The van der Waals surface area contributed by atoms with Gasteiger partial charge in [-0.05, 0) is 56.6 Å². The second-order valence-corrected chi connectivity index (χ2v) is 5.27. The highest BCUT2D eigenvalue weighted by Crippen LogP contribution is 2.25. The number of benzene rings is 1. The monoisotopic (exact) mass is 283 g/mol. The molecule has 112 valence electrons. The van der Waals surface area contributed by atoms with Gasteiger partial charge in [-0.1, -0.05) is 19.1 Å². The van der Waals surface area contributed by atoms with Gasteiger partial charge in [0.1, 0.15) is 0 Å². The Labute approximate surface area is 128 Å². The Hall–Kier alpha value is -1.87. The van der Waals surface area contributed by atoms with E-state index in [1.54, 1.807) is 0 Å². The van der Waals surface area contributed by atoms with E-state index in [1.807, 2.05) is 6.20 Å². The van der Waals surface area contributed by atoms with Gasteiger partial charge in [0.2, 0.25) is 0 Å². The Balaban J connectivity index is 2.20. The van der Waals surface area contributed by atoms with Crippen LogP contribution in [0.1, 0.15) is 31.5 Å². The maximum absolute atomic E-state index is 4.45. The number of hydrogen-bond acceptors (Lipinski definition) is 3. The number of rotatable bonds is 7. The number of nitrogens with zero attached hydrogens (tertiary/aromatic N) is 2. The lowest BCUT2D eigenvalue weighted by Crippen LogP contribution is -2.18. The van der Waals surface area contributed by atoms with Crippen LogP contribution in [0.5, 0.6) is 0 Å². The van der Waals surface area contributed by atoms with Gasteiger partial charge in [-0.3, -0.25) is 4.98 Å². The van der Waals surface area contributed by atoms with E-state index in [0.717, 1.165) is 31.7 Å². The van der Waals surface area contributed by atoms with Crippen molar-refractivity contribution in [2.75, 3.05) is 18.0 Å².